The van der Waals surface area contributed by atoms with Crippen LogP contribution in [-0.2, 0) is 17.9 Å². The van der Waals surface area contributed by atoms with E-state index in [0.717, 1.165) is 11.1 Å². The predicted molar refractivity (Wildman–Crippen MR) is 90.0 cm³/mol. The fourth-order valence-corrected chi connectivity index (χ4v) is 2.76. The fraction of sp³-hybridized carbons (Fsp3) is 0.222. The first-order valence-corrected chi connectivity index (χ1v) is 7.91. The van der Waals surface area contributed by atoms with Crippen molar-refractivity contribution >= 4 is 11.9 Å². The third-order valence-electron chi connectivity index (χ3n) is 3.92. The molecule has 0 unspecified atom stereocenters. The SMILES string of the molecule is O=C(CN(Cc1cccc(C(=O)O)c1)Cc1ccc2c(c1)OCO2)NO. The Kier molecular flexibility index (Phi) is 5.35. The molecule has 0 radical (unpaired) electrons. The summed E-state index contributed by atoms with van der Waals surface area (Å²) in [6.45, 7) is 0.865. The topological polar surface area (TPSA) is 108 Å². The summed E-state index contributed by atoms with van der Waals surface area (Å²) >= 11 is 0. The summed E-state index contributed by atoms with van der Waals surface area (Å²) in [6.07, 6.45) is 0. The zero-order chi connectivity index (χ0) is 18.5. The number of nitrogens with zero attached hydrogens (tertiary/aromatic N) is 1. The largest absolute Gasteiger partial charge is 0.478 e. The van der Waals surface area contributed by atoms with Gasteiger partial charge < -0.3 is 14.6 Å². The minimum Gasteiger partial charge on any atom is -0.478 e. The lowest BCUT2D eigenvalue weighted by Gasteiger charge is -2.21. The molecule has 8 nitrogen and oxygen atoms in total. The zero-order valence-corrected chi connectivity index (χ0v) is 13.8. The van der Waals surface area contributed by atoms with Crippen LogP contribution in [0.5, 0.6) is 11.5 Å². The van der Waals surface area contributed by atoms with Gasteiger partial charge in [-0.1, -0.05) is 18.2 Å². The molecule has 0 atom stereocenters. The molecule has 0 saturated carbocycles. The molecule has 1 aliphatic rings. The molecule has 1 heterocycles. The van der Waals surface area contributed by atoms with E-state index in [1.807, 2.05) is 12.1 Å². The quantitative estimate of drug-likeness (QED) is 0.510. The molecule has 0 saturated heterocycles. The smallest absolute Gasteiger partial charge is 0.335 e. The number of carboxylic acid groups (broad SMARTS) is 1. The molecule has 2 aromatic carbocycles. The predicted octanol–water partition coefficient (Wildman–Crippen LogP) is 1.62. The van der Waals surface area contributed by atoms with Crippen molar-refractivity contribution in [3.05, 3.63) is 59.2 Å². The van der Waals surface area contributed by atoms with Crippen LogP contribution in [0, 0.1) is 0 Å². The second-order valence-corrected chi connectivity index (χ2v) is 5.87. The maximum atomic E-state index is 11.6. The van der Waals surface area contributed by atoms with E-state index >= 15 is 0 Å². The molecule has 0 spiro atoms. The van der Waals surface area contributed by atoms with Crippen LogP contribution in [0.25, 0.3) is 0 Å². The van der Waals surface area contributed by atoms with Crippen LogP contribution in [-0.4, -0.2) is 40.4 Å². The molecule has 0 bridgehead atoms. The molecule has 1 amide bonds. The third-order valence-corrected chi connectivity index (χ3v) is 3.92. The van der Waals surface area contributed by atoms with E-state index in [-0.39, 0.29) is 18.9 Å². The summed E-state index contributed by atoms with van der Waals surface area (Å²) < 4.78 is 10.6. The van der Waals surface area contributed by atoms with Gasteiger partial charge in [-0.05, 0) is 35.4 Å². The van der Waals surface area contributed by atoms with E-state index in [1.54, 1.807) is 34.6 Å². The van der Waals surface area contributed by atoms with Crippen LogP contribution in [0.3, 0.4) is 0 Å². The van der Waals surface area contributed by atoms with E-state index in [2.05, 4.69) is 0 Å². The van der Waals surface area contributed by atoms with Crippen molar-refractivity contribution in [2.75, 3.05) is 13.3 Å². The van der Waals surface area contributed by atoms with Gasteiger partial charge in [-0.3, -0.25) is 14.9 Å². The van der Waals surface area contributed by atoms with Gasteiger partial charge in [0.15, 0.2) is 11.5 Å². The number of carboxylic acids is 1. The number of nitrogens with one attached hydrogen (secondary N) is 1. The van der Waals surface area contributed by atoms with Gasteiger partial charge in [-0.25, -0.2) is 10.3 Å². The van der Waals surface area contributed by atoms with Gasteiger partial charge in [-0.2, -0.15) is 0 Å². The Morgan fingerprint density at radius 1 is 1.04 bits per heavy atom. The Labute approximate surface area is 149 Å². The lowest BCUT2D eigenvalue weighted by molar-refractivity contribution is -0.130. The Bertz CT molecular complexity index is 823. The van der Waals surface area contributed by atoms with Crippen molar-refractivity contribution in [3.63, 3.8) is 0 Å². The van der Waals surface area contributed by atoms with Crippen molar-refractivity contribution < 1.29 is 29.4 Å². The first kappa shape index (κ1) is 17.7. The van der Waals surface area contributed by atoms with Gasteiger partial charge in [0.2, 0.25) is 6.79 Å². The van der Waals surface area contributed by atoms with Crippen molar-refractivity contribution in [2.45, 2.75) is 13.1 Å². The molecule has 3 rings (SSSR count). The monoisotopic (exact) mass is 358 g/mol. The standard InChI is InChI=1S/C18H18N2O6/c21-17(19-24)10-20(8-12-2-1-3-14(6-12)18(22)23)9-13-4-5-15-16(7-13)26-11-25-15/h1-7,24H,8-11H2,(H,19,21)(H,22,23). The Balaban J connectivity index is 1.77. The molecule has 136 valence electrons. The molecule has 0 aliphatic carbocycles. The highest BCUT2D eigenvalue weighted by atomic mass is 16.7. The number of carbonyl (C=O) groups excluding carboxylic acids is 1. The van der Waals surface area contributed by atoms with E-state index in [1.165, 1.54) is 6.07 Å². The highest BCUT2D eigenvalue weighted by Crippen LogP contribution is 2.32. The summed E-state index contributed by atoms with van der Waals surface area (Å²) in [7, 11) is 0. The van der Waals surface area contributed by atoms with E-state index < -0.39 is 11.9 Å². The molecule has 0 aromatic heterocycles. The number of benzene rings is 2. The molecule has 2 aromatic rings. The van der Waals surface area contributed by atoms with Gasteiger partial charge in [0.05, 0.1) is 12.1 Å². The Morgan fingerprint density at radius 3 is 2.50 bits per heavy atom. The average molecular weight is 358 g/mol. The molecule has 1 aliphatic heterocycles. The van der Waals surface area contributed by atoms with Crippen molar-refractivity contribution in [3.8, 4) is 11.5 Å². The van der Waals surface area contributed by atoms with Crippen LogP contribution in [0.1, 0.15) is 21.5 Å². The summed E-state index contributed by atoms with van der Waals surface area (Å²) in [5, 5.41) is 17.9. The highest BCUT2D eigenvalue weighted by Gasteiger charge is 2.17. The van der Waals surface area contributed by atoms with Gasteiger partial charge >= 0.3 is 5.97 Å². The third kappa shape index (κ3) is 4.29. The van der Waals surface area contributed by atoms with Gasteiger partial charge in [-0.15, -0.1) is 0 Å². The first-order valence-electron chi connectivity index (χ1n) is 7.91. The minimum atomic E-state index is -1.01. The van der Waals surface area contributed by atoms with Crippen LogP contribution < -0.4 is 15.0 Å². The van der Waals surface area contributed by atoms with Gasteiger partial charge in [0.1, 0.15) is 0 Å². The van der Waals surface area contributed by atoms with Crippen molar-refractivity contribution in [1.29, 1.82) is 0 Å². The Hall–Kier alpha value is -3.10. The van der Waals surface area contributed by atoms with Crippen LogP contribution in [0.2, 0.25) is 0 Å². The molecular formula is C18H18N2O6. The fourth-order valence-electron chi connectivity index (χ4n) is 2.76. The van der Waals surface area contributed by atoms with Gasteiger partial charge in [0.25, 0.3) is 5.91 Å². The zero-order valence-electron chi connectivity index (χ0n) is 13.8. The molecular weight excluding hydrogens is 340 g/mol. The summed E-state index contributed by atoms with van der Waals surface area (Å²) in [4.78, 5) is 24.5. The van der Waals surface area contributed by atoms with Gasteiger partial charge in [0, 0.05) is 13.1 Å². The van der Waals surface area contributed by atoms with E-state index in [9.17, 15) is 9.59 Å². The van der Waals surface area contributed by atoms with E-state index in [4.69, 9.17) is 19.8 Å². The number of ether oxygens (including phenoxy) is 2. The average Bonchev–Trinajstić information content (AvgIpc) is 3.09. The van der Waals surface area contributed by atoms with Crippen molar-refractivity contribution in [2.24, 2.45) is 0 Å². The molecule has 3 N–H and O–H groups in total. The molecule has 8 heteroatoms. The number of rotatable bonds is 7. The lowest BCUT2D eigenvalue weighted by Crippen LogP contribution is -2.35. The number of hydrogen-bond acceptors (Lipinski definition) is 6. The lowest BCUT2D eigenvalue weighted by atomic mass is 10.1. The second kappa shape index (κ2) is 7.85. The molecule has 0 fully saturated rings. The highest BCUT2D eigenvalue weighted by molar-refractivity contribution is 5.87. The number of amides is 1. The number of fused-ring (bicyclic) bond motifs is 1. The number of hydroxylamine groups is 1. The summed E-state index contributed by atoms with van der Waals surface area (Å²) in [5.41, 5.74) is 3.44. The van der Waals surface area contributed by atoms with Crippen LogP contribution in [0.15, 0.2) is 42.5 Å². The maximum Gasteiger partial charge on any atom is 0.335 e. The molecule has 26 heavy (non-hydrogen) atoms. The Morgan fingerprint density at radius 2 is 1.77 bits per heavy atom. The number of aromatic carboxylic acids is 1. The summed E-state index contributed by atoms with van der Waals surface area (Å²) in [6, 6.07) is 12.0. The summed E-state index contributed by atoms with van der Waals surface area (Å²) in [5.74, 6) is -0.258. The number of hydrogen-bond donors (Lipinski definition) is 3. The normalized spacial score (nSPS) is 12.2. The second-order valence-electron chi connectivity index (χ2n) is 5.87. The van der Waals surface area contributed by atoms with Crippen molar-refractivity contribution in [1.82, 2.24) is 10.4 Å². The first-order chi connectivity index (χ1) is 12.5. The van der Waals surface area contributed by atoms with E-state index in [0.29, 0.717) is 24.6 Å². The van der Waals surface area contributed by atoms with Crippen LogP contribution in [0.4, 0.5) is 0 Å². The van der Waals surface area contributed by atoms with Crippen LogP contribution >= 0.6 is 0 Å². The minimum absolute atomic E-state index is 0.0533. The maximum absolute atomic E-state index is 11.6. The number of carbonyl (C=O) groups is 2.